The highest BCUT2D eigenvalue weighted by Crippen LogP contribution is 2.39. The van der Waals surface area contributed by atoms with E-state index in [4.69, 9.17) is 0 Å². The summed E-state index contributed by atoms with van der Waals surface area (Å²) in [5.41, 5.74) is 0. The van der Waals surface area contributed by atoms with Gasteiger partial charge in [0.2, 0.25) is 0 Å². The van der Waals surface area contributed by atoms with Gasteiger partial charge in [0.15, 0.2) is 0 Å². The van der Waals surface area contributed by atoms with Crippen LogP contribution in [0.4, 0.5) is 0 Å². The van der Waals surface area contributed by atoms with Crippen molar-refractivity contribution in [3.8, 4) is 0 Å². The van der Waals surface area contributed by atoms with Crippen molar-refractivity contribution < 1.29 is 0 Å². The van der Waals surface area contributed by atoms with Crippen molar-refractivity contribution in [3.63, 3.8) is 0 Å². The minimum atomic E-state index is 0.904. The van der Waals surface area contributed by atoms with Crippen LogP contribution in [0.2, 0.25) is 18.5 Å². The van der Waals surface area contributed by atoms with Crippen molar-refractivity contribution >= 4 is 6.71 Å². The van der Waals surface area contributed by atoms with E-state index in [9.17, 15) is 0 Å². The molecule has 66 valence electrons. The molecule has 1 heteroatoms. The van der Waals surface area contributed by atoms with Gasteiger partial charge in [-0.2, -0.15) is 0 Å². The average Bonchev–Trinajstić information content (AvgIpc) is 2.03. The van der Waals surface area contributed by atoms with Gasteiger partial charge in [0.05, 0.1) is 0 Å². The van der Waals surface area contributed by atoms with Gasteiger partial charge in [-0.1, -0.05) is 44.5 Å². The van der Waals surface area contributed by atoms with Crippen LogP contribution < -0.4 is 0 Å². The predicted octanol–water partition coefficient (Wildman–Crippen LogP) is 3.49. The van der Waals surface area contributed by atoms with Crippen LogP contribution in [0.3, 0.4) is 0 Å². The van der Waals surface area contributed by atoms with Crippen LogP contribution >= 0.6 is 0 Å². The van der Waals surface area contributed by atoms with Crippen LogP contribution in [0, 0.1) is 11.8 Å². The lowest BCUT2D eigenvalue weighted by Gasteiger charge is -2.36. The van der Waals surface area contributed by atoms with Gasteiger partial charge in [0, 0.05) is 0 Å². The summed E-state index contributed by atoms with van der Waals surface area (Å²) in [6, 6.07) is 0. The Hall–Kier alpha value is -0.195. The lowest BCUT2D eigenvalue weighted by Crippen LogP contribution is -2.31. The monoisotopic (exact) mass is 162 g/mol. The largest absolute Gasteiger partial charge is 0.143 e. The van der Waals surface area contributed by atoms with Crippen molar-refractivity contribution in [2.45, 2.75) is 45.1 Å². The zero-order chi connectivity index (χ0) is 8.55. The fraction of sp³-hybridized carbons (Fsp3) is 0.818. The molecule has 2 aliphatic rings. The number of hydrogen-bond donors (Lipinski definition) is 0. The molecule has 0 saturated carbocycles. The number of hydrogen-bond acceptors (Lipinski definition) is 0. The van der Waals surface area contributed by atoms with Crippen molar-refractivity contribution in [1.82, 2.24) is 0 Å². The van der Waals surface area contributed by atoms with Crippen molar-refractivity contribution in [2.24, 2.45) is 11.8 Å². The Balaban J connectivity index is 2.03. The summed E-state index contributed by atoms with van der Waals surface area (Å²) in [6.45, 7) is 5.78. The molecule has 1 saturated heterocycles. The molecule has 2 atom stereocenters. The fourth-order valence-corrected chi connectivity index (χ4v) is 2.89. The van der Waals surface area contributed by atoms with Crippen LogP contribution in [0.25, 0.3) is 0 Å². The Morgan fingerprint density at radius 2 is 2.17 bits per heavy atom. The third-order valence-electron chi connectivity index (χ3n) is 3.70. The van der Waals surface area contributed by atoms with Crippen LogP contribution in [-0.4, -0.2) is 6.71 Å². The zero-order valence-corrected chi connectivity index (χ0v) is 8.29. The Morgan fingerprint density at radius 1 is 1.33 bits per heavy atom. The van der Waals surface area contributed by atoms with Crippen LogP contribution in [0.15, 0.2) is 12.2 Å². The number of fused-ring (bicyclic) bond motifs is 2. The molecule has 0 aromatic heterocycles. The SMILES string of the molecule is CC(C)B1C[C@@H]2C=CC[C@H](C1)C2. The van der Waals surface area contributed by atoms with E-state index >= 15 is 0 Å². The maximum atomic E-state index is 2.46. The third kappa shape index (κ3) is 1.60. The molecule has 0 spiro atoms. The predicted molar refractivity (Wildman–Crippen MR) is 55.8 cm³/mol. The van der Waals surface area contributed by atoms with Crippen LogP contribution in [0.1, 0.15) is 26.7 Å². The second kappa shape index (κ2) is 3.28. The summed E-state index contributed by atoms with van der Waals surface area (Å²) in [7, 11) is 0. The summed E-state index contributed by atoms with van der Waals surface area (Å²) in [4.78, 5) is 0. The van der Waals surface area contributed by atoms with E-state index in [1.807, 2.05) is 0 Å². The Morgan fingerprint density at radius 3 is 2.83 bits per heavy atom. The Labute approximate surface area is 76.5 Å². The van der Waals surface area contributed by atoms with Gasteiger partial charge in [-0.15, -0.1) is 0 Å². The molecule has 1 aliphatic carbocycles. The summed E-state index contributed by atoms with van der Waals surface area (Å²) >= 11 is 0. The highest BCUT2D eigenvalue weighted by Gasteiger charge is 2.32. The molecule has 1 heterocycles. The van der Waals surface area contributed by atoms with Gasteiger partial charge < -0.3 is 0 Å². The molecule has 0 N–H and O–H groups in total. The number of rotatable bonds is 1. The summed E-state index contributed by atoms with van der Waals surface area (Å²) in [5, 5.41) is 0. The first-order chi connectivity index (χ1) is 5.75. The molecular formula is C11H19B. The Bertz CT molecular complexity index is 183. The molecule has 1 aliphatic heterocycles. The zero-order valence-electron chi connectivity index (χ0n) is 8.29. The lowest BCUT2D eigenvalue weighted by molar-refractivity contribution is 0.418. The van der Waals surface area contributed by atoms with Gasteiger partial charge in [-0.05, 0) is 24.7 Å². The molecule has 0 unspecified atom stereocenters. The fourth-order valence-electron chi connectivity index (χ4n) is 2.89. The molecule has 12 heavy (non-hydrogen) atoms. The highest BCUT2D eigenvalue weighted by molar-refractivity contribution is 6.60. The molecule has 0 amide bonds. The van der Waals surface area contributed by atoms with Crippen LogP contribution in [-0.2, 0) is 0 Å². The third-order valence-corrected chi connectivity index (χ3v) is 3.70. The molecule has 2 rings (SSSR count). The van der Waals surface area contributed by atoms with Crippen LogP contribution in [0.5, 0.6) is 0 Å². The molecular weight excluding hydrogens is 143 g/mol. The summed E-state index contributed by atoms with van der Waals surface area (Å²) < 4.78 is 0. The summed E-state index contributed by atoms with van der Waals surface area (Å²) in [5.74, 6) is 2.87. The highest BCUT2D eigenvalue weighted by atomic mass is 14.2. The first-order valence-electron chi connectivity index (χ1n) is 5.42. The average molecular weight is 162 g/mol. The second-order valence-electron chi connectivity index (χ2n) is 5.00. The van der Waals surface area contributed by atoms with Crippen molar-refractivity contribution in [3.05, 3.63) is 12.2 Å². The van der Waals surface area contributed by atoms with Crippen molar-refractivity contribution in [2.75, 3.05) is 0 Å². The smallest absolute Gasteiger partial charge is 0.0880 e. The second-order valence-corrected chi connectivity index (χ2v) is 5.00. The molecule has 1 fully saturated rings. The lowest BCUT2D eigenvalue weighted by atomic mass is 9.31. The van der Waals surface area contributed by atoms with Gasteiger partial charge in [0.1, 0.15) is 6.71 Å². The maximum Gasteiger partial charge on any atom is 0.143 e. The van der Waals surface area contributed by atoms with Gasteiger partial charge >= 0.3 is 0 Å². The quantitative estimate of drug-likeness (QED) is 0.409. The van der Waals surface area contributed by atoms with E-state index in [1.165, 1.54) is 25.5 Å². The molecule has 0 aromatic rings. The molecule has 2 bridgehead atoms. The van der Waals surface area contributed by atoms with E-state index in [-0.39, 0.29) is 0 Å². The van der Waals surface area contributed by atoms with Gasteiger partial charge in [-0.3, -0.25) is 0 Å². The standard InChI is InChI=1S/C11H19B/c1-9(2)12-7-10-4-3-5-11(6-10)8-12/h3-4,9-11H,5-8H2,1-2H3/t10-,11+/m1/s1. The normalized spacial score (nSPS) is 34.4. The minimum absolute atomic E-state index is 0.904. The number of allylic oxidation sites excluding steroid dienone is 2. The molecule has 0 aromatic carbocycles. The van der Waals surface area contributed by atoms with E-state index in [1.54, 1.807) is 0 Å². The summed E-state index contributed by atoms with van der Waals surface area (Å²) in [6.07, 6.45) is 10.7. The van der Waals surface area contributed by atoms with Gasteiger partial charge in [0.25, 0.3) is 0 Å². The Kier molecular flexibility index (Phi) is 2.30. The van der Waals surface area contributed by atoms with E-state index in [0.29, 0.717) is 0 Å². The van der Waals surface area contributed by atoms with Gasteiger partial charge in [-0.25, -0.2) is 0 Å². The molecule has 0 nitrogen and oxygen atoms in total. The van der Waals surface area contributed by atoms with E-state index < -0.39 is 0 Å². The van der Waals surface area contributed by atoms with E-state index in [0.717, 1.165) is 24.4 Å². The minimum Gasteiger partial charge on any atom is -0.0880 e. The van der Waals surface area contributed by atoms with E-state index in [2.05, 4.69) is 26.0 Å². The first-order valence-corrected chi connectivity index (χ1v) is 5.42. The molecule has 0 radical (unpaired) electrons. The topological polar surface area (TPSA) is 0 Å². The maximum absolute atomic E-state index is 2.46. The first kappa shape index (κ1) is 8.41. The van der Waals surface area contributed by atoms with Crippen molar-refractivity contribution in [1.29, 1.82) is 0 Å².